The van der Waals surface area contributed by atoms with Gasteiger partial charge in [0.1, 0.15) is 5.75 Å². The van der Waals surface area contributed by atoms with E-state index in [1.807, 2.05) is 12.1 Å². The first kappa shape index (κ1) is 11.9. The Morgan fingerprint density at radius 2 is 2.06 bits per heavy atom. The number of benzene rings is 1. The van der Waals surface area contributed by atoms with Crippen LogP contribution in [0.5, 0.6) is 5.75 Å². The fourth-order valence-electron chi connectivity index (χ4n) is 2.56. The maximum absolute atomic E-state index is 9.95. The second-order valence-corrected chi connectivity index (χ2v) is 5.40. The predicted molar refractivity (Wildman–Crippen MR) is 69.8 cm³/mol. The molecule has 2 rings (SSSR count). The summed E-state index contributed by atoms with van der Waals surface area (Å²) in [6.07, 6.45) is 2.39. The number of rotatable bonds is 2. The molecule has 0 aliphatic carbocycles. The minimum atomic E-state index is 0.415. The number of halogens is 1. The lowest BCUT2D eigenvalue weighted by molar-refractivity contribution is 0.323. The maximum atomic E-state index is 9.95. The van der Waals surface area contributed by atoms with Crippen molar-refractivity contribution in [1.82, 2.24) is 5.32 Å². The standard InChI is InChI=1S/C13H18BrNO/c1-9(10-5-7-15-8-6-10)13-11(14)3-2-4-12(13)16/h2-4,9-10,15-16H,5-8H2,1H3. The second kappa shape index (κ2) is 5.19. The summed E-state index contributed by atoms with van der Waals surface area (Å²) in [6, 6.07) is 5.66. The Morgan fingerprint density at radius 3 is 2.69 bits per heavy atom. The van der Waals surface area contributed by atoms with Crippen LogP contribution < -0.4 is 5.32 Å². The van der Waals surface area contributed by atoms with Crippen LogP contribution in [0.1, 0.15) is 31.2 Å². The summed E-state index contributed by atoms with van der Waals surface area (Å²) >= 11 is 3.54. The molecule has 0 amide bonds. The van der Waals surface area contributed by atoms with Crippen LogP contribution in [-0.2, 0) is 0 Å². The quantitative estimate of drug-likeness (QED) is 0.873. The lowest BCUT2D eigenvalue weighted by Crippen LogP contribution is -2.30. The van der Waals surface area contributed by atoms with Crippen LogP contribution in [0, 0.1) is 5.92 Å². The largest absolute Gasteiger partial charge is 0.508 e. The molecule has 0 bridgehead atoms. The molecule has 1 aromatic rings. The smallest absolute Gasteiger partial charge is 0.120 e. The summed E-state index contributed by atoms with van der Waals surface area (Å²) in [5.41, 5.74) is 1.06. The van der Waals surface area contributed by atoms with Crippen LogP contribution in [-0.4, -0.2) is 18.2 Å². The average molecular weight is 284 g/mol. The number of piperidine rings is 1. The Hall–Kier alpha value is -0.540. The van der Waals surface area contributed by atoms with Gasteiger partial charge in [0.15, 0.2) is 0 Å². The summed E-state index contributed by atoms with van der Waals surface area (Å²) in [5.74, 6) is 1.50. The van der Waals surface area contributed by atoms with Gasteiger partial charge in [-0.3, -0.25) is 0 Å². The number of aromatic hydroxyl groups is 1. The van der Waals surface area contributed by atoms with E-state index in [9.17, 15) is 5.11 Å². The van der Waals surface area contributed by atoms with Crippen molar-refractivity contribution in [3.63, 3.8) is 0 Å². The SMILES string of the molecule is CC(c1c(O)cccc1Br)C1CCNCC1. The lowest BCUT2D eigenvalue weighted by atomic mass is 9.81. The third-order valence-corrected chi connectivity index (χ3v) is 4.27. The van der Waals surface area contributed by atoms with E-state index >= 15 is 0 Å². The Morgan fingerprint density at radius 1 is 1.38 bits per heavy atom. The van der Waals surface area contributed by atoms with Crippen molar-refractivity contribution in [2.75, 3.05) is 13.1 Å². The highest BCUT2D eigenvalue weighted by Gasteiger charge is 2.24. The highest BCUT2D eigenvalue weighted by Crippen LogP contribution is 2.39. The Bertz CT molecular complexity index is 341. The molecule has 0 spiro atoms. The summed E-state index contributed by atoms with van der Waals surface area (Å²) < 4.78 is 1.03. The number of phenols is 1. The summed E-state index contributed by atoms with van der Waals surface area (Å²) in [6.45, 7) is 4.41. The minimum absolute atomic E-state index is 0.415. The lowest BCUT2D eigenvalue weighted by Gasteiger charge is -2.29. The van der Waals surface area contributed by atoms with E-state index < -0.39 is 0 Å². The predicted octanol–water partition coefficient (Wildman–Crippen LogP) is 3.26. The topological polar surface area (TPSA) is 32.3 Å². The van der Waals surface area contributed by atoms with Crippen LogP contribution >= 0.6 is 15.9 Å². The molecule has 1 saturated heterocycles. The highest BCUT2D eigenvalue weighted by atomic mass is 79.9. The normalized spacial score (nSPS) is 19.6. The molecular formula is C13H18BrNO. The molecule has 1 aliphatic heterocycles. The van der Waals surface area contributed by atoms with E-state index in [0.717, 1.165) is 23.1 Å². The van der Waals surface area contributed by atoms with Crippen LogP contribution in [0.15, 0.2) is 22.7 Å². The molecule has 0 radical (unpaired) electrons. The van der Waals surface area contributed by atoms with Gasteiger partial charge in [-0.25, -0.2) is 0 Å². The third-order valence-electron chi connectivity index (χ3n) is 3.58. The molecule has 2 N–H and O–H groups in total. The zero-order valence-electron chi connectivity index (χ0n) is 9.54. The Balaban J connectivity index is 2.22. The van der Waals surface area contributed by atoms with Gasteiger partial charge in [0.2, 0.25) is 0 Å². The van der Waals surface area contributed by atoms with Crippen LogP contribution in [0.4, 0.5) is 0 Å². The van der Waals surface area contributed by atoms with E-state index in [0.29, 0.717) is 17.6 Å². The number of phenolic OH excluding ortho intramolecular Hbond substituents is 1. The van der Waals surface area contributed by atoms with Gasteiger partial charge in [0, 0.05) is 10.0 Å². The monoisotopic (exact) mass is 283 g/mol. The van der Waals surface area contributed by atoms with E-state index in [4.69, 9.17) is 0 Å². The van der Waals surface area contributed by atoms with Crippen molar-refractivity contribution in [1.29, 1.82) is 0 Å². The molecule has 1 fully saturated rings. The summed E-state index contributed by atoms with van der Waals surface area (Å²) in [4.78, 5) is 0. The first-order valence-corrected chi connectivity index (χ1v) is 6.67. The van der Waals surface area contributed by atoms with E-state index in [2.05, 4.69) is 28.2 Å². The van der Waals surface area contributed by atoms with Gasteiger partial charge < -0.3 is 10.4 Å². The Kier molecular flexibility index (Phi) is 3.87. The van der Waals surface area contributed by atoms with Crippen LogP contribution in [0.2, 0.25) is 0 Å². The number of hydrogen-bond donors (Lipinski definition) is 2. The van der Waals surface area contributed by atoms with Gasteiger partial charge in [-0.2, -0.15) is 0 Å². The van der Waals surface area contributed by atoms with E-state index in [1.165, 1.54) is 12.8 Å². The van der Waals surface area contributed by atoms with Crippen molar-refractivity contribution in [3.05, 3.63) is 28.2 Å². The highest BCUT2D eigenvalue weighted by molar-refractivity contribution is 9.10. The first-order valence-electron chi connectivity index (χ1n) is 5.88. The van der Waals surface area contributed by atoms with Crippen molar-refractivity contribution in [2.24, 2.45) is 5.92 Å². The first-order chi connectivity index (χ1) is 7.70. The van der Waals surface area contributed by atoms with Gasteiger partial charge in [-0.15, -0.1) is 0 Å². The fourth-order valence-corrected chi connectivity index (χ4v) is 3.27. The van der Waals surface area contributed by atoms with Crippen LogP contribution in [0.3, 0.4) is 0 Å². The molecule has 1 aromatic carbocycles. The molecule has 0 aromatic heterocycles. The zero-order valence-corrected chi connectivity index (χ0v) is 11.1. The average Bonchev–Trinajstić information content (AvgIpc) is 2.30. The molecule has 16 heavy (non-hydrogen) atoms. The maximum Gasteiger partial charge on any atom is 0.120 e. The van der Waals surface area contributed by atoms with Gasteiger partial charge in [0.05, 0.1) is 0 Å². The van der Waals surface area contributed by atoms with Gasteiger partial charge >= 0.3 is 0 Å². The molecule has 3 heteroatoms. The number of hydrogen-bond acceptors (Lipinski definition) is 2. The van der Waals surface area contributed by atoms with E-state index in [1.54, 1.807) is 6.07 Å². The van der Waals surface area contributed by atoms with Crippen molar-refractivity contribution < 1.29 is 5.11 Å². The van der Waals surface area contributed by atoms with Crippen LogP contribution in [0.25, 0.3) is 0 Å². The molecule has 0 saturated carbocycles. The van der Waals surface area contributed by atoms with Crippen molar-refractivity contribution >= 4 is 15.9 Å². The second-order valence-electron chi connectivity index (χ2n) is 4.55. The zero-order chi connectivity index (χ0) is 11.5. The summed E-state index contributed by atoms with van der Waals surface area (Å²) in [7, 11) is 0. The third kappa shape index (κ3) is 2.41. The van der Waals surface area contributed by atoms with Gasteiger partial charge in [-0.05, 0) is 49.9 Å². The molecule has 2 nitrogen and oxygen atoms in total. The van der Waals surface area contributed by atoms with Gasteiger partial charge in [0.25, 0.3) is 0 Å². The van der Waals surface area contributed by atoms with E-state index in [-0.39, 0.29) is 0 Å². The molecule has 1 aliphatic rings. The molecule has 88 valence electrons. The van der Waals surface area contributed by atoms with Crippen molar-refractivity contribution in [3.8, 4) is 5.75 Å². The molecule has 1 heterocycles. The Labute approximate surface area is 105 Å². The van der Waals surface area contributed by atoms with Gasteiger partial charge in [-0.1, -0.05) is 28.9 Å². The molecule has 1 atom stereocenters. The molecule has 1 unspecified atom stereocenters. The minimum Gasteiger partial charge on any atom is -0.508 e. The summed E-state index contributed by atoms with van der Waals surface area (Å²) in [5, 5.41) is 13.3. The van der Waals surface area contributed by atoms with Crippen molar-refractivity contribution in [2.45, 2.75) is 25.7 Å². The molecular weight excluding hydrogens is 266 g/mol. The fraction of sp³-hybridized carbons (Fsp3) is 0.538. The number of nitrogens with one attached hydrogen (secondary N) is 1.